The van der Waals surface area contributed by atoms with E-state index >= 15 is 0 Å². The zero-order chi connectivity index (χ0) is 11.8. The first-order valence-corrected chi connectivity index (χ1v) is 7.12. The summed E-state index contributed by atoms with van der Waals surface area (Å²) in [5.41, 5.74) is 2.34. The number of halogens is 1. The van der Waals surface area contributed by atoms with Crippen LogP contribution in [0.5, 0.6) is 0 Å². The fourth-order valence-electron chi connectivity index (χ4n) is 3.25. The van der Waals surface area contributed by atoms with E-state index < -0.39 is 0 Å². The highest BCUT2D eigenvalue weighted by atomic mass is 79.9. The molecule has 0 saturated heterocycles. The molecule has 90 valence electrons. The first-order valence-electron chi connectivity index (χ1n) is 6.33. The lowest BCUT2D eigenvalue weighted by atomic mass is 9.80. The lowest BCUT2D eigenvalue weighted by molar-refractivity contribution is -0.117. The Bertz CT molecular complexity index is 452. The van der Waals surface area contributed by atoms with Crippen molar-refractivity contribution in [2.75, 3.05) is 5.32 Å². The van der Waals surface area contributed by atoms with Crippen molar-refractivity contribution in [2.24, 2.45) is 5.92 Å². The normalized spacial score (nSPS) is 24.5. The minimum Gasteiger partial charge on any atom is -0.326 e. The van der Waals surface area contributed by atoms with Crippen LogP contribution in [0, 0.1) is 5.92 Å². The van der Waals surface area contributed by atoms with Crippen molar-refractivity contribution in [3.05, 3.63) is 28.2 Å². The lowest BCUT2D eigenvalue weighted by Gasteiger charge is -2.30. The molecule has 1 fully saturated rings. The van der Waals surface area contributed by atoms with Gasteiger partial charge >= 0.3 is 0 Å². The summed E-state index contributed by atoms with van der Waals surface area (Å²) in [5, 5.41) is 2.99. The first kappa shape index (κ1) is 11.3. The molecular formula is C14H16BrNO. The quantitative estimate of drug-likeness (QED) is 0.831. The van der Waals surface area contributed by atoms with Crippen LogP contribution in [0.2, 0.25) is 0 Å². The third-order valence-corrected chi connectivity index (χ3v) is 4.56. The maximum Gasteiger partial charge on any atom is 0.225 e. The largest absolute Gasteiger partial charge is 0.326 e. The SMILES string of the molecule is O=C1CC(C2CCCC2)c2ccc(Br)cc2N1. The van der Waals surface area contributed by atoms with E-state index in [0.717, 1.165) is 10.2 Å². The van der Waals surface area contributed by atoms with Crippen molar-refractivity contribution in [2.45, 2.75) is 38.0 Å². The number of benzene rings is 1. The average Bonchev–Trinajstić information content (AvgIpc) is 2.80. The van der Waals surface area contributed by atoms with Crippen molar-refractivity contribution >= 4 is 27.5 Å². The van der Waals surface area contributed by atoms with Crippen molar-refractivity contribution in [3.8, 4) is 0 Å². The van der Waals surface area contributed by atoms with Gasteiger partial charge in [-0.15, -0.1) is 0 Å². The molecule has 0 spiro atoms. The summed E-state index contributed by atoms with van der Waals surface area (Å²) in [7, 11) is 0. The summed E-state index contributed by atoms with van der Waals surface area (Å²) >= 11 is 3.46. The highest BCUT2D eigenvalue weighted by molar-refractivity contribution is 9.10. The van der Waals surface area contributed by atoms with E-state index in [4.69, 9.17) is 0 Å². The molecule has 0 aromatic heterocycles. The van der Waals surface area contributed by atoms with Crippen LogP contribution in [0.25, 0.3) is 0 Å². The molecule has 1 aromatic rings. The zero-order valence-corrected chi connectivity index (χ0v) is 11.3. The number of hydrogen-bond donors (Lipinski definition) is 1. The highest BCUT2D eigenvalue weighted by Gasteiger charge is 2.32. The van der Waals surface area contributed by atoms with E-state index in [9.17, 15) is 4.79 Å². The van der Waals surface area contributed by atoms with E-state index in [0.29, 0.717) is 18.3 Å². The zero-order valence-electron chi connectivity index (χ0n) is 9.71. The van der Waals surface area contributed by atoms with Crippen LogP contribution in [0.1, 0.15) is 43.6 Å². The van der Waals surface area contributed by atoms with Crippen LogP contribution in [0.4, 0.5) is 5.69 Å². The van der Waals surface area contributed by atoms with E-state index in [1.807, 2.05) is 6.07 Å². The lowest BCUT2D eigenvalue weighted by Crippen LogP contribution is -2.26. The predicted molar refractivity (Wildman–Crippen MR) is 72.1 cm³/mol. The number of carbonyl (C=O) groups excluding carboxylic acids is 1. The van der Waals surface area contributed by atoms with Crippen molar-refractivity contribution in [1.82, 2.24) is 0 Å². The molecule has 1 aromatic carbocycles. The molecule has 1 unspecified atom stereocenters. The van der Waals surface area contributed by atoms with Gasteiger partial charge in [0.25, 0.3) is 0 Å². The smallest absolute Gasteiger partial charge is 0.225 e. The van der Waals surface area contributed by atoms with Crippen LogP contribution >= 0.6 is 15.9 Å². The molecule has 1 atom stereocenters. The second kappa shape index (κ2) is 4.45. The van der Waals surface area contributed by atoms with Gasteiger partial charge in [0.15, 0.2) is 0 Å². The molecule has 3 heteroatoms. The van der Waals surface area contributed by atoms with Crippen LogP contribution < -0.4 is 5.32 Å². The molecule has 1 saturated carbocycles. The summed E-state index contributed by atoms with van der Waals surface area (Å²) < 4.78 is 1.03. The van der Waals surface area contributed by atoms with E-state index in [1.165, 1.54) is 31.2 Å². The van der Waals surface area contributed by atoms with E-state index in [2.05, 4.69) is 33.4 Å². The van der Waals surface area contributed by atoms with Gasteiger partial charge in [0.2, 0.25) is 5.91 Å². The predicted octanol–water partition coefficient (Wildman–Crippen LogP) is 4.07. The summed E-state index contributed by atoms with van der Waals surface area (Å²) in [5.74, 6) is 1.32. The van der Waals surface area contributed by atoms with Crippen LogP contribution in [0.15, 0.2) is 22.7 Å². The third-order valence-electron chi connectivity index (χ3n) is 4.06. The molecule has 0 radical (unpaired) electrons. The summed E-state index contributed by atoms with van der Waals surface area (Å²) in [6.45, 7) is 0. The Labute approximate surface area is 110 Å². The van der Waals surface area contributed by atoms with Gasteiger partial charge in [-0.1, -0.05) is 34.8 Å². The van der Waals surface area contributed by atoms with Crippen LogP contribution in [-0.4, -0.2) is 5.91 Å². The Morgan fingerprint density at radius 1 is 1.24 bits per heavy atom. The Morgan fingerprint density at radius 2 is 2.00 bits per heavy atom. The first-order chi connectivity index (χ1) is 8.24. The molecule has 17 heavy (non-hydrogen) atoms. The second-order valence-corrected chi connectivity index (χ2v) is 6.05. The molecule has 1 aliphatic carbocycles. The topological polar surface area (TPSA) is 29.1 Å². The van der Waals surface area contributed by atoms with E-state index in [-0.39, 0.29) is 5.91 Å². The van der Waals surface area contributed by atoms with Gasteiger partial charge in [0.05, 0.1) is 0 Å². The standard InChI is InChI=1S/C14H16BrNO/c15-10-5-6-11-12(9-3-1-2-4-9)8-14(17)16-13(11)7-10/h5-7,9,12H,1-4,8H2,(H,16,17). The minimum absolute atomic E-state index is 0.174. The van der Waals surface area contributed by atoms with Gasteiger partial charge in [-0.3, -0.25) is 4.79 Å². The molecule has 1 N–H and O–H groups in total. The number of rotatable bonds is 1. The maximum absolute atomic E-state index is 11.8. The van der Waals surface area contributed by atoms with Crippen molar-refractivity contribution in [3.63, 3.8) is 0 Å². The Kier molecular flexibility index (Phi) is 2.95. The van der Waals surface area contributed by atoms with Crippen LogP contribution in [0.3, 0.4) is 0 Å². The molecule has 1 aliphatic heterocycles. The van der Waals surface area contributed by atoms with Crippen molar-refractivity contribution < 1.29 is 4.79 Å². The molecule has 3 rings (SSSR count). The number of hydrogen-bond acceptors (Lipinski definition) is 1. The van der Waals surface area contributed by atoms with Gasteiger partial charge in [-0.25, -0.2) is 0 Å². The van der Waals surface area contributed by atoms with Gasteiger partial charge in [-0.2, -0.15) is 0 Å². The molecular weight excluding hydrogens is 278 g/mol. The Hall–Kier alpha value is -0.830. The summed E-state index contributed by atoms with van der Waals surface area (Å²) in [6.07, 6.45) is 5.89. The molecule has 2 aliphatic rings. The Balaban J connectivity index is 1.98. The summed E-state index contributed by atoms with van der Waals surface area (Å²) in [6, 6.07) is 6.27. The number of amides is 1. The third kappa shape index (κ3) is 2.13. The molecule has 1 amide bonds. The molecule has 0 bridgehead atoms. The molecule has 2 nitrogen and oxygen atoms in total. The van der Waals surface area contributed by atoms with Gasteiger partial charge in [0.1, 0.15) is 0 Å². The maximum atomic E-state index is 11.8. The van der Waals surface area contributed by atoms with Crippen LogP contribution in [-0.2, 0) is 4.79 Å². The second-order valence-electron chi connectivity index (χ2n) is 5.13. The number of fused-ring (bicyclic) bond motifs is 1. The monoisotopic (exact) mass is 293 g/mol. The van der Waals surface area contributed by atoms with Gasteiger partial charge in [0, 0.05) is 16.6 Å². The Morgan fingerprint density at radius 3 is 2.76 bits per heavy atom. The van der Waals surface area contributed by atoms with Crippen molar-refractivity contribution in [1.29, 1.82) is 0 Å². The number of carbonyl (C=O) groups is 1. The number of anilines is 1. The molecule has 1 heterocycles. The fourth-order valence-corrected chi connectivity index (χ4v) is 3.61. The van der Waals surface area contributed by atoms with E-state index in [1.54, 1.807) is 0 Å². The van der Waals surface area contributed by atoms with Gasteiger partial charge < -0.3 is 5.32 Å². The number of nitrogens with one attached hydrogen (secondary N) is 1. The summed E-state index contributed by atoms with van der Waals surface area (Å²) in [4.78, 5) is 11.8. The average molecular weight is 294 g/mol. The van der Waals surface area contributed by atoms with Gasteiger partial charge in [-0.05, 0) is 42.4 Å². The fraction of sp³-hybridized carbons (Fsp3) is 0.500. The highest BCUT2D eigenvalue weighted by Crippen LogP contribution is 2.44. The minimum atomic E-state index is 0.174.